The molecule has 2 fully saturated rings. The molecule has 12 heavy (non-hydrogen) atoms. The van der Waals surface area contributed by atoms with Crippen molar-refractivity contribution in [1.82, 2.24) is 0 Å². The number of hydrogen-bond donors (Lipinski definition) is 0. The van der Waals surface area contributed by atoms with Gasteiger partial charge in [0.25, 0.3) is 0 Å². The molecule has 2 rings (SSSR count). The highest BCUT2D eigenvalue weighted by Gasteiger charge is 2.47. The van der Waals surface area contributed by atoms with Crippen LogP contribution in [0.15, 0.2) is 0 Å². The quantitative estimate of drug-likeness (QED) is 0.598. The average molecular weight is 171 g/mol. The van der Waals surface area contributed by atoms with E-state index in [0.29, 0.717) is 0 Å². The zero-order valence-electron chi connectivity index (χ0n) is 7.74. The summed E-state index contributed by atoms with van der Waals surface area (Å²) < 4.78 is 16.7. The lowest BCUT2D eigenvalue weighted by atomic mass is 10.2. The zero-order chi connectivity index (χ0) is 8.77. The molecule has 2 aliphatic rings. The maximum absolute atomic E-state index is 5.64. The van der Waals surface area contributed by atoms with E-state index >= 15 is 0 Å². The first-order valence-corrected chi connectivity index (χ1v) is 4.41. The number of hydrogen-bond acceptors (Lipinski definition) is 3. The van der Waals surface area contributed by atoms with Crippen molar-refractivity contribution in [1.29, 1.82) is 0 Å². The van der Waals surface area contributed by atoms with E-state index in [2.05, 4.69) is 0 Å². The van der Waals surface area contributed by atoms with Crippen molar-refractivity contribution in [3.8, 4) is 0 Å². The standard InChI is InChI=1S/C9H15O3/c1-4-6-5-7-8(10-6)12-9(2,3)11-7/h4,6-8H,5H2,1-3H3/t6-,7-,8-/m0/s1. The van der Waals surface area contributed by atoms with Gasteiger partial charge in [-0.15, -0.1) is 0 Å². The van der Waals surface area contributed by atoms with E-state index in [1.165, 1.54) is 0 Å². The van der Waals surface area contributed by atoms with Gasteiger partial charge >= 0.3 is 0 Å². The Morgan fingerprint density at radius 3 is 2.67 bits per heavy atom. The van der Waals surface area contributed by atoms with Gasteiger partial charge in [0.05, 0.1) is 6.10 Å². The molecule has 0 aliphatic carbocycles. The highest BCUT2D eigenvalue weighted by atomic mass is 16.8. The van der Waals surface area contributed by atoms with Crippen molar-refractivity contribution in [2.24, 2.45) is 0 Å². The molecule has 3 atom stereocenters. The van der Waals surface area contributed by atoms with Gasteiger partial charge < -0.3 is 14.2 Å². The van der Waals surface area contributed by atoms with Crippen LogP contribution >= 0.6 is 0 Å². The van der Waals surface area contributed by atoms with Gasteiger partial charge in [-0.1, -0.05) is 6.92 Å². The fourth-order valence-corrected chi connectivity index (χ4v) is 1.75. The van der Waals surface area contributed by atoms with Crippen LogP contribution in [0.3, 0.4) is 0 Å². The normalized spacial score (nSPS) is 44.8. The molecule has 2 aliphatic heterocycles. The smallest absolute Gasteiger partial charge is 0.187 e. The third kappa shape index (κ3) is 1.37. The van der Waals surface area contributed by atoms with Crippen LogP contribution in [0.4, 0.5) is 0 Å². The van der Waals surface area contributed by atoms with Crippen molar-refractivity contribution >= 4 is 0 Å². The fourth-order valence-electron chi connectivity index (χ4n) is 1.75. The molecular formula is C9H15O3. The van der Waals surface area contributed by atoms with Gasteiger partial charge in [-0.25, -0.2) is 0 Å². The largest absolute Gasteiger partial charge is 0.346 e. The van der Waals surface area contributed by atoms with Crippen LogP contribution < -0.4 is 0 Å². The molecule has 0 saturated carbocycles. The van der Waals surface area contributed by atoms with Crippen molar-refractivity contribution in [2.75, 3.05) is 0 Å². The fraction of sp³-hybridized carbons (Fsp3) is 0.889. The first kappa shape index (κ1) is 8.48. The Morgan fingerprint density at radius 2 is 2.08 bits per heavy atom. The Morgan fingerprint density at radius 1 is 1.33 bits per heavy atom. The minimum atomic E-state index is -0.464. The summed E-state index contributed by atoms with van der Waals surface area (Å²) in [7, 11) is 0. The van der Waals surface area contributed by atoms with Crippen LogP contribution in [-0.4, -0.2) is 24.3 Å². The lowest BCUT2D eigenvalue weighted by Crippen LogP contribution is -2.24. The lowest BCUT2D eigenvalue weighted by Gasteiger charge is -2.19. The Hall–Kier alpha value is -0.120. The molecule has 3 nitrogen and oxygen atoms in total. The maximum Gasteiger partial charge on any atom is 0.187 e. The van der Waals surface area contributed by atoms with Crippen LogP contribution in [0, 0.1) is 6.42 Å². The third-order valence-corrected chi connectivity index (χ3v) is 2.28. The van der Waals surface area contributed by atoms with E-state index in [1.54, 1.807) is 0 Å². The predicted octanol–water partition coefficient (Wildman–Crippen LogP) is 1.48. The molecule has 0 unspecified atom stereocenters. The summed E-state index contributed by atoms with van der Waals surface area (Å²) in [6.07, 6.45) is 3.14. The number of rotatable bonds is 1. The van der Waals surface area contributed by atoms with Gasteiger partial charge in [0.15, 0.2) is 12.1 Å². The molecule has 0 N–H and O–H groups in total. The summed E-state index contributed by atoms with van der Waals surface area (Å²) in [5, 5.41) is 0. The second-order valence-electron chi connectivity index (χ2n) is 3.79. The monoisotopic (exact) mass is 171 g/mol. The van der Waals surface area contributed by atoms with Gasteiger partial charge in [0.2, 0.25) is 0 Å². The van der Waals surface area contributed by atoms with E-state index < -0.39 is 5.79 Å². The molecule has 1 radical (unpaired) electrons. The van der Waals surface area contributed by atoms with Crippen molar-refractivity contribution < 1.29 is 14.2 Å². The highest BCUT2D eigenvalue weighted by molar-refractivity contribution is 4.89. The summed E-state index contributed by atoms with van der Waals surface area (Å²) >= 11 is 0. The molecule has 0 amide bonds. The van der Waals surface area contributed by atoms with Crippen molar-refractivity contribution in [3.05, 3.63) is 6.42 Å². The molecular weight excluding hydrogens is 156 g/mol. The number of fused-ring (bicyclic) bond motifs is 1. The zero-order valence-corrected chi connectivity index (χ0v) is 7.74. The van der Waals surface area contributed by atoms with Crippen LogP contribution in [0.2, 0.25) is 0 Å². The Bertz CT molecular complexity index is 163. The van der Waals surface area contributed by atoms with Crippen LogP contribution in [-0.2, 0) is 14.2 Å². The van der Waals surface area contributed by atoms with Crippen LogP contribution in [0.25, 0.3) is 0 Å². The van der Waals surface area contributed by atoms with Crippen molar-refractivity contribution in [3.63, 3.8) is 0 Å². The summed E-state index contributed by atoms with van der Waals surface area (Å²) in [4.78, 5) is 0. The summed E-state index contributed by atoms with van der Waals surface area (Å²) in [5.41, 5.74) is 0. The minimum absolute atomic E-state index is 0.126. The molecule has 2 heterocycles. The SMILES string of the molecule is C[CH][C@H]1C[C@@H]2OC(C)(C)O[C@@H]2O1. The topological polar surface area (TPSA) is 27.7 Å². The molecule has 0 aromatic carbocycles. The van der Waals surface area contributed by atoms with Gasteiger partial charge in [-0.2, -0.15) is 0 Å². The maximum atomic E-state index is 5.64. The van der Waals surface area contributed by atoms with Crippen LogP contribution in [0.5, 0.6) is 0 Å². The van der Waals surface area contributed by atoms with Crippen molar-refractivity contribution in [2.45, 2.75) is 51.5 Å². The van der Waals surface area contributed by atoms with Gasteiger partial charge in [-0.05, 0) is 20.3 Å². The minimum Gasteiger partial charge on any atom is -0.346 e. The second-order valence-corrected chi connectivity index (χ2v) is 3.79. The Labute approximate surface area is 73.0 Å². The van der Waals surface area contributed by atoms with E-state index in [0.717, 1.165) is 6.42 Å². The molecule has 3 heteroatoms. The summed E-state index contributed by atoms with van der Waals surface area (Å²) in [6, 6.07) is 0. The molecule has 69 valence electrons. The lowest BCUT2D eigenvalue weighted by molar-refractivity contribution is -0.201. The van der Waals surface area contributed by atoms with Gasteiger partial charge in [0.1, 0.15) is 6.10 Å². The predicted molar refractivity (Wildman–Crippen MR) is 43.3 cm³/mol. The van der Waals surface area contributed by atoms with E-state index in [9.17, 15) is 0 Å². The van der Waals surface area contributed by atoms with E-state index in [1.807, 2.05) is 27.2 Å². The highest BCUT2D eigenvalue weighted by Crippen LogP contribution is 2.37. The third-order valence-electron chi connectivity index (χ3n) is 2.28. The summed E-state index contributed by atoms with van der Waals surface area (Å²) in [5.74, 6) is -0.464. The van der Waals surface area contributed by atoms with E-state index in [4.69, 9.17) is 14.2 Å². The van der Waals surface area contributed by atoms with Gasteiger partial charge in [0, 0.05) is 6.42 Å². The first-order valence-electron chi connectivity index (χ1n) is 4.41. The second kappa shape index (κ2) is 2.69. The van der Waals surface area contributed by atoms with Crippen LogP contribution in [0.1, 0.15) is 27.2 Å². The Kier molecular flexibility index (Phi) is 1.90. The van der Waals surface area contributed by atoms with Gasteiger partial charge in [-0.3, -0.25) is 0 Å². The molecule has 0 spiro atoms. The Balaban J connectivity index is 1.97. The molecule has 0 aromatic heterocycles. The average Bonchev–Trinajstić information content (AvgIpc) is 2.40. The summed E-state index contributed by atoms with van der Waals surface area (Å²) in [6.45, 7) is 5.83. The molecule has 2 saturated heterocycles. The molecule has 0 aromatic rings. The number of ether oxygens (including phenoxy) is 3. The first-order chi connectivity index (χ1) is 5.61. The van der Waals surface area contributed by atoms with E-state index in [-0.39, 0.29) is 18.5 Å². The molecule has 0 bridgehead atoms.